The maximum absolute atomic E-state index is 13.1. The fraction of sp³-hybridized carbons (Fsp3) is 0.409. The zero-order valence-corrected chi connectivity index (χ0v) is 16.7. The Kier molecular flexibility index (Phi) is 5.03. The molecule has 1 aliphatic rings. The van der Waals surface area contributed by atoms with E-state index in [0.717, 1.165) is 59.6 Å². The minimum atomic E-state index is -0.0361. The van der Waals surface area contributed by atoms with Crippen molar-refractivity contribution in [1.29, 1.82) is 0 Å². The highest BCUT2D eigenvalue weighted by Gasteiger charge is 2.33. The molecule has 1 fully saturated rings. The molecule has 6 nitrogen and oxygen atoms in total. The molecule has 0 N–H and O–H groups in total. The van der Waals surface area contributed by atoms with Gasteiger partial charge in [0, 0.05) is 25.4 Å². The van der Waals surface area contributed by atoms with Crippen LogP contribution in [-0.2, 0) is 18.3 Å². The molecule has 0 unspecified atom stereocenters. The third kappa shape index (κ3) is 3.46. The first kappa shape index (κ1) is 18.5. The van der Waals surface area contributed by atoms with Gasteiger partial charge in [0.15, 0.2) is 5.76 Å². The smallest absolute Gasteiger partial charge is 0.227 e. The first-order chi connectivity index (χ1) is 13.5. The van der Waals surface area contributed by atoms with Crippen LogP contribution >= 0.6 is 0 Å². The molecule has 0 radical (unpaired) electrons. The quantitative estimate of drug-likeness (QED) is 0.689. The number of aromatic nitrogens is 3. The van der Waals surface area contributed by atoms with Crippen molar-refractivity contribution in [3.8, 4) is 11.3 Å². The number of rotatable bonds is 4. The molecule has 1 saturated heterocycles. The molecule has 0 aliphatic carbocycles. The van der Waals surface area contributed by atoms with E-state index in [1.807, 2.05) is 62.3 Å². The minimum absolute atomic E-state index is 0.0361. The van der Waals surface area contributed by atoms with Gasteiger partial charge in [-0.15, -0.1) is 0 Å². The Morgan fingerprint density at radius 2 is 2.00 bits per heavy atom. The maximum Gasteiger partial charge on any atom is 0.227 e. The van der Waals surface area contributed by atoms with Crippen LogP contribution in [0.1, 0.15) is 47.8 Å². The zero-order chi connectivity index (χ0) is 19.7. The lowest BCUT2D eigenvalue weighted by molar-refractivity contribution is -0.134. The van der Waals surface area contributed by atoms with Gasteiger partial charge >= 0.3 is 0 Å². The lowest BCUT2D eigenvalue weighted by atomic mass is 9.94. The highest BCUT2D eigenvalue weighted by atomic mass is 16.5. The van der Waals surface area contributed by atoms with Crippen molar-refractivity contribution in [2.75, 3.05) is 6.54 Å². The molecular formula is C22H26N4O2. The summed E-state index contributed by atoms with van der Waals surface area (Å²) < 4.78 is 7.41. The standard InChI is InChI=1S/C22H26N4O2/c1-15-16(2)24-28-22(15)18-14-25(3)23-21(18)19-11-7-8-12-26(19)20(27)13-17-9-5-4-6-10-17/h4-6,9-10,14,19H,7-8,11-13H2,1-3H3/t19-/m1/s1. The summed E-state index contributed by atoms with van der Waals surface area (Å²) in [5, 5.41) is 8.84. The summed E-state index contributed by atoms with van der Waals surface area (Å²) in [6.07, 6.45) is 5.41. The second kappa shape index (κ2) is 7.62. The molecule has 3 aromatic rings. The van der Waals surface area contributed by atoms with Gasteiger partial charge < -0.3 is 9.42 Å². The summed E-state index contributed by atoms with van der Waals surface area (Å²) >= 11 is 0. The number of hydrogen-bond donors (Lipinski definition) is 0. The average Bonchev–Trinajstić information content (AvgIpc) is 3.25. The van der Waals surface area contributed by atoms with Crippen LogP contribution in [0.15, 0.2) is 41.1 Å². The van der Waals surface area contributed by atoms with Crippen molar-refractivity contribution >= 4 is 5.91 Å². The Morgan fingerprint density at radius 1 is 1.21 bits per heavy atom. The van der Waals surface area contributed by atoms with Crippen LogP contribution in [0.5, 0.6) is 0 Å². The molecule has 3 heterocycles. The van der Waals surface area contributed by atoms with E-state index in [2.05, 4.69) is 5.16 Å². The highest BCUT2D eigenvalue weighted by Crippen LogP contribution is 2.37. The number of likely N-dealkylation sites (tertiary alicyclic amines) is 1. The number of piperidine rings is 1. The molecule has 1 amide bonds. The number of carbonyl (C=O) groups is 1. The van der Waals surface area contributed by atoms with Gasteiger partial charge in [0.25, 0.3) is 0 Å². The zero-order valence-electron chi connectivity index (χ0n) is 16.7. The first-order valence-corrected chi connectivity index (χ1v) is 9.84. The predicted octanol–water partition coefficient (Wildman–Crippen LogP) is 3.99. The van der Waals surface area contributed by atoms with Gasteiger partial charge in [-0.05, 0) is 38.7 Å². The summed E-state index contributed by atoms with van der Waals surface area (Å²) in [7, 11) is 1.91. The predicted molar refractivity (Wildman–Crippen MR) is 107 cm³/mol. The number of aryl methyl sites for hydroxylation is 2. The van der Waals surface area contributed by atoms with Gasteiger partial charge in [-0.25, -0.2) is 0 Å². The fourth-order valence-electron chi connectivity index (χ4n) is 3.98. The normalized spacial score (nSPS) is 17.1. The summed E-state index contributed by atoms with van der Waals surface area (Å²) in [6, 6.07) is 9.89. The van der Waals surface area contributed by atoms with E-state index in [1.54, 1.807) is 4.68 Å². The largest absolute Gasteiger partial charge is 0.356 e. The number of carbonyl (C=O) groups excluding carboxylic acids is 1. The van der Waals surface area contributed by atoms with E-state index in [4.69, 9.17) is 9.62 Å². The van der Waals surface area contributed by atoms with Gasteiger partial charge in [-0.2, -0.15) is 5.10 Å². The number of hydrogen-bond acceptors (Lipinski definition) is 4. The van der Waals surface area contributed by atoms with E-state index < -0.39 is 0 Å². The molecule has 146 valence electrons. The molecule has 28 heavy (non-hydrogen) atoms. The summed E-state index contributed by atoms with van der Waals surface area (Å²) in [5.74, 6) is 0.902. The van der Waals surface area contributed by atoms with Crippen molar-refractivity contribution in [2.24, 2.45) is 7.05 Å². The van der Waals surface area contributed by atoms with Crippen LogP contribution in [0.25, 0.3) is 11.3 Å². The average molecular weight is 378 g/mol. The van der Waals surface area contributed by atoms with E-state index in [0.29, 0.717) is 6.42 Å². The number of nitrogens with zero attached hydrogens (tertiary/aromatic N) is 4. The molecular weight excluding hydrogens is 352 g/mol. The number of amides is 1. The monoisotopic (exact) mass is 378 g/mol. The molecule has 1 atom stereocenters. The van der Waals surface area contributed by atoms with Crippen molar-refractivity contribution in [3.63, 3.8) is 0 Å². The van der Waals surface area contributed by atoms with Crippen molar-refractivity contribution < 1.29 is 9.32 Å². The van der Waals surface area contributed by atoms with Crippen LogP contribution in [0.4, 0.5) is 0 Å². The summed E-state index contributed by atoms with van der Waals surface area (Å²) in [5.41, 5.74) is 4.78. The van der Waals surface area contributed by atoms with E-state index in [1.165, 1.54) is 0 Å². The van der Waals surface area contributed by atoms with Crippen LogP contribution < -0.4 is 0 Å². The minimum Gasteiger partial charge on any atom is -0.356 e. The van der Waals surface area contributed by atoms with E-state index >= 15 is 0 Å². The second-order valence-corrected chi connectivity index (χ2v) is 7.58. The molecule has 1 aromatic carbocycles. The van der Waals surface area contributed by atoms with Crippen LogP contribution in [0, 0.1) is 13.8 Å². The summed E-state index contributed by atoms with van der Waals surface area (Å²) in [4.78, 5) is 15.1. The molecule has 0 saturated carbocycles. The van der Waals surface area contributed by atoms with E-state index in [-0.39, 0.29) is 11.9 Å². The van der Waals surface area contributed by atoms with E-state index in [9.17, 15) is 4.79 Å². The van der Waals surface area contributed by atoms with Gasteiger partial charge in [-0.1, -0.05) is 35.5 Å². The van der Waals surface area contributed by atoms with Crippen LogP contribution in [-0.4, -0.2) is 32.3 Å². The Hall–Kier alpha value is -2.89. The number of benzene rings is 1. The maximum atomic E-state index is 13.1. The molecule has 6 heteroatoms. The molecule has 0 spiro atoms. The second-order valence-electron chi connectivity index (χ2n) is 7.58. The molecule has 1 aliphatic heterocycles. The Morgan fingerprint density at radius 3 is 2.71 bits per heavy atom. The SMILES string of the molecule is Cc1noc(-c2cn(C)nc2[C@H]2CCCCN2C(=O)Cc2ccccc2)c1C. The van der Waals surface area contributed by atoms with Crippen molar-refractivity contribution in [2.45, 2.75) is 45.6 Å². The van der Waals surface area contributed by atoms with Crippen LogP contribution in [0.3, 0.4) is 0 Å². The van der Waals surface area contributed by atoms with Crippen molar-refractivity contribution in [1.82, 2.24) is 19.8 Å². The topological polar surface area (TPSA) is 64.2 Å². The third-order valence-corrected chi connectivity index (χ3v) is 5.60. The Bertz CT molecular complexity index is 974. The molecule has 0 bridgehead atoms. The lowest BCUT2D eigenvalue weighted by Gasteiger charge is -2.35. The van der Waals surface area contributed by atoms with Gasteiger partial charge in [-0.3, -0.25) is 9.48 Å². The fourth-order valence-corrected chi connectivity index (χ4v) is 3.98. The van der Waals surface area contributed by atoms with Crippen molar-refractivity contribution in [3.05, 3.63) is 59.0 Å². The van der Waals surface area contributed by atoms with Gasteiger partial charge in [0.1, 0.15) is 0 Å². The lowest BCUT2D eigenvalue weighted by Crippen LogP contribution is -2.39. The van der Waals surface area contributed by atoms with Gasteiger partial charge in [0.2, 0.25) is 5.91 Å². The highest BCUT2D eigenvalue weighted by molar-refractivity contribution is 5.79. The van der Waals surface area contributed by atoms with Crippen LogP contribution in [0.2, 0.25) is 0 Å². The summed E-state index contributed by atoms with van der Waals surface area (Å²) in [6.45, 7) is 4.71. The third-order valence-electron chi connectivity index (χ3n) is 5.60. The van der Waals surface area contributed by atoms with Gasteiger partial charge in [0.05, 0.1) is 29.4 Å². The molecule has 2 aromatic heterocycles. The Balaban J connectivity index is 1.67. The first-order valence-electron chi connectivity index (χ1n) is 9.84. The Labute approximate surface area is 165 Å². The molecule has 4 rings (SSSR count).